The molecule has 2 nitrogen and oxygen atoms in total. The molecule has 0 bridgehead atoms. The molecule has 0 aliphatic heterocycles. The molecule has 0 aliphatic carbocycles. The third-order valence-electron chi connectivity index (χ3n) is 1.10. The van der Waals surface area contributed by atoms with E-state index in [1.807, 2.05) is 0 Å². The van der Waals surface area contributed by atoms with Crippen molar-refractivity contribution in [3.05, 3.63) is 0 Å². The van der Waals surface area contributed by atoms with E-state index in [1.165, 1.54) is 0 Å². The molecule has 0 aromatic carbocycles. The number of halogens is 2. The molecule has 0 aliphatic rings. The predicted octanol–water partition coefficient (Wildman–Crippen LogP) is 2.18. The van der Waals surface area contributed by atoms with Crippen LogP contribution in [0.3, 0.4) is 0 Å². The fourth-order valence-corrected chi connectivity index (χ4v) is 0.855. The van der Waals surface area contributed by atoms with Gasteiger partial charge in [-0.05, 0) is 12.8 Å². The Bertz CT molecular complexity index is 107. The molecule has 0 heterocycles. The summed E-state index contributed by atoms with van der Waals surface area (Å²) >= 11 is 10.7. The number of rotatable bonds is 6. The fourth-order valence-electron chi connectivity index (χ4n) is 0.588. The van der Waals surface area contributed by atoms with E-state index >= 15 is 0 Å². The van der Waals surface area contributed by atoms with Gasteiger partial charge in [-0.2, -0.15) is 0 Å². The largest absolute Gasteiger partial charge is 0.464 e. The summed E-state index contributed by atoms with van der Waals surface area (Å²) in [5.74, 6) is 0.778. The SMILES string of the molecule is O=C(CCCCCl)OCCCl. The van der Waals surface area contributed by atoms with Gasteiger partial charge >= 0.3 is 5.97 Å². The van der Waals surface area contributed by atoms with Crippen LogP contribution < -0.4 is 0 Å². The van der Waals surface area contributed by atoms with Crippen LogP contribution in [-0.4, -0.2) is 24.3 Å². The molecule has 0 amide bonds. The third-order valence-corrected chi connectivity index (χ3v) is 1.53. The van der Waals surface area contributed by atoms with Gasteiger partial charge in [0.2, 0.25) is 0 Å². The highest BCUT2D eigenvalue weighted by atomic mass is 35.5. The average molecular weight is 199 g/mol. The second-order valence-electron chi connectivity index (χ2n) is 2.06. The van der Waals surface area contributed by atoms with Crippen LogP contribution in [0.4, 0.5) is 0 Å². The molecule has 0 saturated carbocycles. The van der Waals surface area contributed by atoms with E-state index in [2.05, 4.69) is 0 Å². The first-order valence-electron chi connectivity index (χ1n) is 3.58. The summed E-state index contributed by atoms with van der Waals surface area (Å²) in [4.78, 5) is 10.8. The van der Waals surface area contributed by atoms with Crippen molar-refractivity contribution >= 4 is 29.2 Å². The Balaban J connectivity index is 3.09. The van der Waals surface area contributed by atoms with Crippen LogP contribution in [0.5, 0.6) is 0 Å². The lowest BCUT2D eigenvalue weighted by atomic mass is 10.2. The van der Waals surface area contributed by atoms with Crippen molar-refractivity contribution in [2.45, 2.75) is 19.3 Å². The molecule has 0 aromatic heterocycles. The molecule has 0 rings (SSSR count). The van der Waals surface area contributed by atoms with Gasteiger partial charge in [0.1, 0.15) is 6.61 Å². The van der Waals surface area contributed by atoms with E-state index < -0.39 is 0 Å². The highest BCUT2D eigenvalue weighted by Gasteiger charge is 2.00. The normalized spacial score (nSPS) is 9.64. The van der Waals surface area contributed by atoms with E-state index in [1.54, 1.807) is 0 Å². The second kappa shape index (κ2) is 8.15. The Morgan fingerprint density at radius 2 is 1.91 bits per heavy atom. The molecule has 4 heteroatoms. The Labute approximate surface area is 76.8 Å². The van der Waals surface area contributed by atoms with E-state index in [0.29, 0.717) is 24.8 Å². The summed E-state index contributed by atoms with van der Waals surface area (Å²) in [6, 6.07) is 0. The molecular weight excluding hydrogens is 187 g/mol. The summed E-state index contributed by atoms with van der Waals surface area (Å²) in [5.41, 5.74) is 0. The molecule has 0 radical (unpaired) electrons. The minimum absolute atomic E-state index is 0.184. The molecule has 66 valence electrons. The Hall–Kier alpha value is 0.0500. The first-order valence-corrected chi connectivity index (χ1v) is 4.65. The van der Waals surface area contributed by atoms with E-state index in [-0.39, 0.29) is 5.97 Å². The summed E-state index contributed by atoms with van der Waals surface area (Å²) < 4.78 is 4.72. The summed E-state index contributed by atoms with van der Waals surface area (Å²) in [6.07, 6.45) is 2.10. The molecule has 0 fully saturated rings. The van der Waals surface area contributed by atoms with E-state index in [4.69, 9.17) is 27.9 Å². The highest BCUT2D eigenvalue weighted by Crippen LogP contribution is 1.98. The van der Waals surface area contributed by atoms with Crippen molar-refractivity contribution in [2.24, 2.45) is 0 Å². The minimum atomic E-state index is -0.184. The number of unbranched alkanes of at least 4 members (excludes halogenated alkanes) is 1. The molecule has 0 N–H and O–H groups in total. The maximum Gasteiger partial charge on any atom is 0.305 e. The molecule has 0 unspecified atom stereocenters. The van der Waals surface area contributed by atoms with Gasteiger partial charge in [-0.3, -0.25) is 4.79 Å². The zero-order valence-corrected chi connectivity index (χ0v) is 7.83. The van der Waals surface area contributed by atoms with Gasteiger partial charge in [0.15, 0.2) is 0 Å². The van der Waals surface area contributed by atoms with Gasteiger partial charge in [0.25, 0.3) is 0 Å². The van der Waals surface area contributed by atoms with Gasteiger partial charge in [-0.15, -0.1) is 23.2 Å². The molecule has 11 heavy (non-hydrogen) atoms. The Morgan fingerprint density at radius 3 is 2.45 bits per heavy atom. The Kier molecular flexibility index (Phi) is 8.19. The maximum absolute atomic E-state index is 10.8. The third kappa shape index (κ3) is 7.95. The quantitative estimate of drug-likeness (QED) is 0.372. The van der Waals surface area contributed by atoms with E-state index in [9.17, 15) is 4.79 Å². The molecule has 0 atom stereocenters. The fraction of sp³-hybridized carbons (Fsp3) is 0.857. The average Bonchev–Trinajstić information content (AvgIpc) is 2.01. The summed E-state index contributed by atoms with van der Waals surface area (Å²) in [7, 11) is 0. The molecule has 0 saturated heterocycles. The number of carbonyl (C=O) groups is 1. The lowest BCUT2D eigenvalue weighted by Gasteiger charge is -2.00. The number of alkyl halides is 2. The van der Waals surface area contributed by atoms with Gasteiger partial charge in [-0.1, -0.05) is 0 Å². The molecule has 0 spiro atoms. The summed E-state index contributed by atoms with van der Waals surface area (Å²) in [5, 5.41) is 0. The zero-order chi connectivity index (χ0) is 8.53. The first-order chi connectivity index (χ1) is 5.31. The zero-order valence-electron chi connectivity index (χ0n) is 6.32. The molecule has 0 aromatic rings. The van der Waals surface area contributed by atoms with Crippen LogP contribution in [0.15, 0.2) is 0 Å². The predicted molar refractivity (Wildman–Crippen MR) is 46.3 cm³/mol. The molecular formula is C7H12Cl2O2. The second-order valence-corrected chi connectivity index (χ2v) is 2.81. The highest BCUT2D eigenvalue weighted by molar-refractivity contribution is 6.18. The monoisotopic (exact) mass is 198 g/mol. The lowest BCUT2D eigenvalue weighted by Crippen LogP contribution is -2.06. The summed E-state index contributed by atoms with van der Waals surface area (Å²) in [6.45, 7) is 0.307. The van der Waals surface area contributed by atoms with Gasteiger partial charge in [0, 0.05) is 12.3 Å². The van der Waals surface area contributed by atoms with Crippen molar-refractivity contribution in [3.63, 3.8) is 0 Å². The lowest BCUT2D eigenvalue weighted by molar-refractivity contribution is -0.143. The van der Waals surface area contributed by atoms with Gasteiger partial charge in [-0.25, -0.2) is 0 Å². The van der Waals surface area contributed by atoms with Crippen molar-refractivity contribution < 1.29 is 9.53 Å². The topological polar surface area (TPSA) is 26.3 Å². The number of carbonyl (C=O) groups excluding carboxylic acids is 1. The smallest absolute Gasteiger partial charge is 0.305 e. The number of hydrogen-bond acceptors (Lipinski definition) is 2. The van der Waals surface area contributed by atoms with Crippen LogP contribution in [0, 0.1) is 0 Å². The van der Waals surface area contributed by atoms with Gasteiger partial charge < -0.3 is 4.74 Å². The van der Waals surface area contributed by atoms with Crippen LogP contribution in [0.25, 0.3) is 0 Å². The van der Waals surface area contributed by atoms with Crippen LogP contribution in [0.1, 0.15) is 19.3 Å². The minimum Gasteiger partial charge on any atom is -0.464 e. The van der Waals surface area contributed by atoms with Gasteiger partial charge in [0.05, 0.1) is 5.88 Å². The van der Waals surface area contributed by atoms with Crippen molar-refractivity contribution in [1.82, 2.24) is 0 Å². The Morgan fingerprint density at radius 1 is 1.18 bits per heavy atom. The number of hydrogen-bond donors (Lipinski definition) is 0. The number of esters is 1. The maximum atomic E-state index is 10.8. The standard InChI is InChI=1S/C7H12Cl2O2/c8-4-2-1-3-7(10)11-6-5-9/h1-6H2. The van der Waals surface area contributed by atoms with Crippen molar-refractivity contribution in [3.8, 4) is 0 Å². The van der Waals surface area contributed by atoms with Crippen LogP contribution >= 0.6 is 23.2 Å². The van der Waals surface area contributed by atoms with Crippen LogP contribution in [-0.2, 0) is 9.53 Å². The first kappa shape index (κ1) is 11.1. The van der Waals surface area contributed by atoms with Crippen molar-refractivity contribution in [1.29, 1.82) is 0 Å². The van der Waals surface area contributed by atoms with Crippen LogP contribution in [0.2, 0.25) is 0 Å². The number of ether oxygens (including phenoxy) is 1. The van der Waals surface area contributed by atoms with Crippen molar-refractivity contribution in [2.75, 3.05) is 18.4 Å². The van der Waals surface area contributed by atoms with E-state index in [0.717, 1.165) is 12.8 Å².